The average molecular weight is 212 g/mol. The maximum atomic E-state index is 10.6. The van der Waals surface area contributed by atoms with Gasteiger partial charge in [-0.05, 0) is 18.2 Å². The fourth-order valence-electron chi connectivity index (χ4n) is 0.774. The molecule has 0 aliphatic carbocycles. The molecule has 13 heavy (non-hydrogen) atoms. The molecule has 1 rings (SSSR count). The van der Waals surface area contributed by atoms with Crippen LogP contribution in [0.1, 0.15) is 1.43 Å². The second kappa shape index (κ2) is 4.30. The predicted octanol–water partition coefficient (Wildman–Crippen LogP) is -2.79. The Labute approximate surface area is 99.6 Å². The topological polar surface area (TPSA) is 106 Å². The van der Waals surface area contributed by atoms with Gasteiger partial charge in [0.15, 0.2) is 0 Å². The number of anilines is 2. The third-order valence-electron chi connectivity index (χ3n) is 1.32. The van der Waals surface area contributed by atoms with Gasteiger partial charge < -0.3 is 12.9 Å². The van der Waals surface area contributed by atoms with Gasteiger partial charge >= 0.3 is 29.6 Å². The predicted molar refractivity (Wildman–Crippen MR) is 46.2 cm³/mol. The van der Waals surface area contributed by atoms with Crippen LogP contribution in [0.15, 0.2) is 23.1 Å². The average Bonchev–Trinajstić information content (AvgIpc) is 1.92. The van der Waals surface area contributed by atoms with Crippen LogP contribution >= 0.6 is 0 Å². The first-order chi connectivity index (χ1) is 5.41. The molecule has 1 aromatic carbocycles. The van der Waals surface area contributed by atoms with Crippen molar-refractivity contribution in [2.45, 2.75) is 4.90 Å². The summed E-state index contributed by atoms with van der Waals surface area (Å²) in [6.45, 7) is 0. The van der Waals surface area contributed by atoms with Crippen LogP contribution in [0.25, 0.3) is 0 Å². The molecule has 0 atom stereocenters. The van der Waals surface area contributed by atoms with Crippen molar-refractivity contribution < 1.29 is 44.0 Å². The van der Waals surface area contributed by atoms with E-state index in [0.29, 0.717) is 0 Å². The van der Waals surface area contributed by atoms with Gasteiger partial charge in [0.1, 0.15) is 4.90 Å². The standard InChI is InChI=1S/C6H8N2O3S.Na.H/c7-4-1-2-5(8)6(3-4)12(9,10)11;;/h1-3H,7-8H2,(H,9,10,11);;/q;+1;-1. The molecular weight excluding hydrogens is 203 g/mol. The molecule has 5 N–H and O–H groups in total. The summed E-state index contributed by atoms with van der Waals surface area (Å²) in [7, 11) is -4.26. The van der Waals surface area contributed by atoms with Crippen molar-refractivity contribution >= 4 is 21.5 Å². The van der Waals surface area contributed by atoms with Crippen molar-refractivity contribution in [1.82, 2.24) is 0 Å². The van der Waals surface area contributed by atoms with Gasteiger partial charge in [-0.25, -0.2) is 0 Å². The molecule has 0 aliphatic heterocycles. The van der Waals surface area contributed by atoms with Crippen LogP contribution in [0.2, 0.25) is 0 Å². The molecule has 68 valence electrons. The fraction of sp³-hybridized carbons (Fsp3) is 0. The normalized spacial score (nSPS) is 10.5. The van der Waals surface area contributed by atoms with Crippen LogP contribution < -0.4 is 41.0 Å². The summed E-state index contributed by atoms with van der Waals surface area (Å²) in [6, 6.07) is 3.87. The molecule has 0 heterocycles. The summed E-state index contributed by atoms with van der Waals surface area (Å²) in [4.78, 5) is -0.359. The molecule has 1 aromatic rings. The first-order valence-corrected chi connectivity index (χ1v) is 4.48. The van der Waals surface area contributed by atoms with Gasteiger partial charge in [-0.15, -0.1) is 0 Å². The van der Waals surface area contributed by atoms with Crippen LogP contribution in [0, 0.1) is 0 Å². The molecule has 0 spiro atoms. The Bertz CT molecular complexity index is 410. The van der Waals surface area contributed by atoms with Crippen molar-refractivity contribution in [2.75, 3.05) is 11.5 Å². The van der Waals surface area contributed by atoms with Crippen molar-refractivity contribution in [2.24, 2.45) is 0 Å². The van der Waals surface area contributed by atoms with E-state index in [0.717, 1.165) is 6.07 Å². The summed E-state index contributed by atoms with van der Waals surface area (Å²) in [6.07, 6.45) is 0. The Hall–Kier alpha value is -0.270. The minimum atomic E-state index is -4.26. The maximum Gasteiger partial charge on any atom is 1.00 e. The van der Waals surface area contributed by atoms with Crippen molar-refractivity contribution in [3.05, 3.63) is 18.2 Å². The Kier molecular flexibility index (Phi) is 4.21. The Morgan fingerprint density at radius 2 is 1.85 bits per heavy atom. The summed E-state index contributed by atoms with van der Waals surface area (Å²) >= 11 is 0. The van der Waals surface area contributed by atoms with E-state index in [4.69, 9.17) is 16.0 Å². The van der Waals surface area contributed by atoms with Crippen LogP contribution in [-0.2, 0) is 10.1 Å². The summed E-state index contributed by atoms with van der Waals surface area (Å²) in [5, 5.41) is 0. The number of nitrogen functional groups attached to an aromatic ring is 2. The van der Waals surface area contributed by atoms with Crippen LogP contribution in [0.5, 0.6) is 0 Å². The summed E-state index contributed by atoms with van der Waals surface area (Å²) in [5.74, 6) is 0. The minimum Gasteiger partial charge on any atom is -1.00 e. The number of nitrogens with two attached hydrogens (primary N) is 2. The molecular formula is C6H9N2NaO3S. The van der Waals surface area contributed by atoms with E-state index in [2.05, 4.69) is 0 Å². The second-order valence-electron chi connectivity index (χ2n) is 2.27. The van der Waals surface area contributed by atoms with Crippen molar-refractivity contribution in [3.63, 3.8) is 0 Å². The van der Waals surface area contributed by atoms with E-state index in [1.807, 2.05) is 0 Å². The molecule has 0 fully saturated rings. The molecule has 0 amide bonds. The molecule has 0 saturated heterocycles. The molecule has 0 aliphatic rings. The molecule has 0 aromatic heterocycles. The van der Waals surface area contributed by atoms with Crippen LogP contribution in [0.3, 0.4) is 0 Å². The van der Waals surface area contributed by atoms with Gasteiger partial charge in [-0.3, -0.25) is 4.55 Å². The van der Waals surface area contributed by atoms with Gasteiger partial charge in [-0.2, -0.15) is 8.42 Å². The number of benzene rings is 1. The fourth-order valence-corrected chi connectivity index (χ4v) is 1.43. The summed E-state index contributed by atoms with van der Waals surface area (Å²) < 4.78 is 29.9. The Morgan fingerprint density at radius 1 is 1.31 bits per heavy atom. The number of hydrogen-bond acceptors (Lipinski definition) is 4. The minimum absolute atomic E-state index is 0. The van der Waals surface area contributed by atoms with Crippen molar-refractivity contribution in [3.8, 4) is 0 Å². The summed E-state index contributed by atoms with van der Waals surface area (Å²) in [5.41, 5.74) is 10.8. The number of hydrogen-bond donors (Lipinski definition) is 3. The molecule has 0 radical (unpaired) electrons. The largest absolute Gasteiger partial charge is 1.00 e. The SMILES string of the molecule is Nc1ccc(N)c(S(=O)(=O)O)c1.[H-].[Na+]. The first-order valence-electron chi connectivity index (χ1n) is 3.04. The van der Waals surface area contributed by atoms with E-state index in [9.17, 15) is 8.42 Å². The van der Waals surface area contributed by atoms with E-state index in [-0.39, 0.29) is 47.3 Å². The quantitative estimate of drug-likeness (QED) is 0.265. The van der Waals surface area contributed by atoms with E-state index in [1.165, 1.54) is 12.1 Å². The van der Waals surface area contributed by atoms with E-state index in [1.54, 1.807) is 0 Å². The monoisotopic (exact) mass is 212 g/mol. The van der Waals surface area contributed by atoms with Crippen LogP contribution in [-0.4, -0.2) is 13.0 Å². The number of rotatable bonds is 1. The smallest absolute Gasteiger partial charge is 1.00 e. The first kappa shape index (κ1) is 12.7. The Balaban J connectivity index is 0. The van der Waals surface area contributed by atoms with Gasteiger partial charge in [0.25, 0.3) is 10.1 Å². The third-order valence-corrected chi connectivity index (χ3v) is 2.22. The van der Waals surface area contributed by atoms with Crippen molar-refractivity contribution in [1.29, 1.82) is 0 Å². The molecule has 5 nitrogen and oxygen atoms in total. The van der Waals surface area contributed by atoms with Gasteiger partial charge in [0, 0.05) is 5.69 Å². The zero-order chi connectivity index (χ0) is 9.35. The Morgan fingerprint density at radius 3 is 2.23 bits per heavy atom. The van der Waals surface area contributed by atoms with Gasteiger partial charge in [0.05, 0.1) is 5.69 Å². The molecule has 7 heteroatoms. The van der Waals surface area contributed by atoms with Gasteiger partial charge in [0.2, 0.25) is 0 Å². The van der Waals surface area contributed by atoms with E-state index < -0.39 is 10.1 Å². The molecule has 0 saturated carbocycles. The van der Waals surface area contributed by atoms with Gasteiger partial charge in [-0.1, -0.05) is 0 Å². The third kappa shape index (κ3) is 3.17. The molecule has 0 unspecified atom stereocenters. The second-order valence-corrected chi connectivity index (χ2v) is 3.66. The zero-order valence-corrected chi connectivity index (χ0v) is 9.88. The maximum absolute atomic E-state index is 10.6. The van der Waals surface area contributed by atoms with E-state index >= 15 is 0 Å². The van der Waals surface area contributed by atoms with Crippen LogP contribution in [0.4, 0.5) is 11.4 Å². The zero-order valence-electron chi connectivity index (χ0n) is 8.06. The molecule has 0 bridgehead atoms.